The maximum absolute atomic E-state index is 6.08. The molecule has 0 N–H and O–H groups in total. The molecule has 1 aromatic carbocycles. The van der Waals surface area contributed by atoms with E-state index in [4.69, 9.17) is 9.47 Å². The lowest BCUT2D eigenvalue weighted by atomic mass is 9.86. The minimum atomic E-state index is -1.97. The Balaban J connectivity index is 2.81. The van der Waals surface area contributed by atoms with Gasteiger partial charge in [-0.2, -0.15) is 0 Å². The Morgan fingerprint density at radius 1 is 0.862 bits per heavy atom. The first kappa shape index (κ1) is 24.0. The molecule has 1 aliphatic rings. The standard InChI is InChI=1S/C25H42O2Si2/c1-24(2,3)19-16-18(26-7)17-22(23(19)27-8)28(9,10)20-14-13-15-21(20)29(11,12)25(4,5)6/h13,15-17H,14H2,1-12H3. The number of methoxy groups -OCH3 is 2. The highest BCUT2D eigenvalue weighted by Crippen LogP contribution is 2.46. The average molecular weight is 431 g/mol. The van der Waals surface area contributed by atoms with Crippen molar-refractivity contribution in [2.45, 2.75) is 84.6 Å². The van der Waals surface area contributed by atoms with Gasteiger partial charge in [0.1, 0.15) is 19.6 Å². The van der Waals surface area contributed by atoms with E-state index in [0.29, 0.717) is 5.04 Å². The van der Waals surface area contributed by atoms with Gasteiger partial charge >= 0.3 is 0 Å². The van der Waals surface area contributed by atoms with Crippen LogP contribution in [0.3, 0.4) is 0 Å². The second-order valence-electron chi connectivity index (χ2n) is 11.5. The zero-order chi connectivity index (χ0) is 22.4. The van der Waals surface area contributed by atoms with Crippen LogP contribution in [-0.2, 0) is 5.41 Å². The van der Waals surface area contributed by atoms with E-state index in [0.717, 1.165) is 17.9 Å². The third-order valence-electron chi connectivity index (χ3n) is 7.22. The van der Waals surface area contributed by atoms with Crippen molar-refractivity contribution in [3.05, 3.63) is 40.2 Å². The molecule has 0 heterocycles. The van der Waals surface area contributed by atoms with Crippen LogP contribution in [0.5, 0.6) is 11.5 Å². The molecule has 0 fully saturated rings. The average Bonchev–Trinajstić information content (AvgIpc) is 3.10. The molecule has 4 heteroatoms. The largest absolute Gasteiger partial charge is 0.497 e. The van der Waals surface area contributed by atoms with E-state index in [1.807, 2.05) is 7.11 Å². The maximum atomic E-state index is 6.08. The van der Waals surface area contributed by atoms with Crippen molar-refractivity contribution in [3.8, 4) is 11.5 Å². The SMILES string of the molecule is COc1cc(C(C)(C)C)c(OC)c([Si](C)(C)C2=C([Si](C)(C)C(C)(C)C)C=CC2)c1. The highest BCUT2D eigenvalue weighted by molar-refractivity contribution is 6.99. The lowest BCUT2D eigenvalue weighted by Crippen LogP contribution is -2.48. The van der Waals surface area contributed by atoms with Crippen molar-refractivity contribution >= 4 is 21.3 Å². The monoisotopic (exact) mass is 430 g/mol. The van der Waals surface area contributed by atoms with E-state index in [2.05, 4.69) is 92.0 Å². The van der Waals surface area contributed by atoms with E-state index in [1.54, 1.807) is 17.5 Å². The van der Waals surface area contributed by atoms with Gasteiger partial charge in [-0.25, -0.2) is 0 Å². The first-order valence-electron chi connectivity index (χ1n) is 10.8. The molecule has 0 unspecified atom stereocenters. The van der Waals surface area contributed by atoms with Gasteiger partial charge in [0.25, 0.3) is 0 Å². The van der Waals surface area contributed by atoms with Gasteiger partial charge in [-0.15, -0.1) is 0 Å². The molecule has 0 aliphatic heterocycles. The van der Waals surface area contributed by atoms with Crippen molar-refractivity contribution in [2.75, 3.05) is 14.2 Å². The molecule has 0 bridgehead atoms. The highest BCUT2D eigenvalue weighted by Gasteiger charge is 2.44. The molecule has 29 heavy (non-hydrogen) atoms. The second kappa shape index (κ2) is 7.77. The van der Waals surface area contributed by atoms with Gasteiger partial charge in [0.2, 0.25) is 0 Å². The quantitative estimate of drug-likeness (QED) is 0.480. The number of hydrogen-bond donors (Lipinski definition) is 0. The fourth-order valence-electron chi connectivity index (χ4n) is 4.21. The summed E-state index contributed by atoms with van der Waals surface area (Å²) in [7, 11) is -0.00798. The Morgan fingerprint density at radius 3 is 1.90 bits per heavy atom. The molecule has 2 nitrogen and oxygen atoms in total. The Hall–Kier alpha value is -1.27. The lowest BCUT2D eigenvalue weighted by Gasteiger charge is -2.41. The topological polar surface area (TPSA) is 18.5 Å². The van der Waals surface area contributed by atoms with Crippen molar-refractivity contribution in [3.63, 3.8) is 0 Å². The molecular formula is C25H42O2Si2. The summed E-state index contributed by atoms with van der Waals surface area (Å²) < 4.78 is 11.8. The molecule has 0 amide bonds. The van der Waals surface area contributed by atoms with Gasteiger partial charge < -0.3 is 9.47 Å². The summed E-state index contributed by atoms with van der Waals surface area (Å²) in [5, 5.41) is 5.01. The highest BCUT2D eigenvalue weighted by atomic mass is 28.3. The smallest absolute Gasteiger partial charge is 0.122 e. The normalized spacial score (nSPS) is 15.9. The van der Waals surface area contributed by atoms with E-state index in [9.17, 15) is 0 Å². The number of allylic oxidation sites excluding steroid dienone is 4. The van der Waals surface area contributed by atoms with Crippen LogP contribution in [-0.4, -0.2) is 30.4 Å². The third-order valence-corrected chi connectivity index (χ3v) is 16.7. The fraction of sp³-hybridized carbons (Fsp3) is 0.600. The lowest BCUT2D eigenvalue weighted by molar-refractivity contribution is 0.391. The van der Waals surface area contributed by atoms with Crippen LogP contribution in [0.15, 0.2) is 34.7 Å². The Kier molecular flexibility index (Phi) is 6.43. The summed E-state index contributed by atoms with van der Waals surface area (Å²) in [5.74, 6) is 2.00. The molecule has 0 spiro atoms. The number of benzene rings is 1. The number of rotatable bonds is 5. The summed E-state index contributed by atoms with van der Waals surface area (Å²) in [6, 6.07) is 4.40. The molecule has 1 aromatic rings. The number of ether oxygens (including phenoxy) is 2. The Labute approximate surface area is 181 Å². The molecule has 2 rings (SSSR count). The van der Waals surface area contributed by atoms with Crippen molar-refractivity contribution in [1.82, 2.24) is 0 Å². The zero-order valence-electron chi connectivity index (χ0n) is 20.8. The predicted molar refractivity (Wildman–Crippen MR) is 133 cm³/mol. The first-order valence-corrected chi connectivity index (χ1v) is 16.8. The van der Waals surface area contributed by atoms with Gasteiger partial charge in [0, 0.05) is 5.56 Å². The molecule has 0 radical (unpaired) electrons. The summed E-state index contributed by atoms with van der Waals surface area (Å²) in [5.41, 5.74) is 1.22. The number of hydrogen-bond acceptors (Lipinski definition) is 2. The predicted octanol–water partition coefficient (Wildman–Crippen LogP) is 6.76. The zero-order valence-corrected chi connectivity index (χ0v) is 22.8. The maximum Gasteiger partial charge on any atom is 0.122 e. The molecule has 0 saturated heterocycles. The summed E-state index contributed by atoms with van der Waals surface area (Å²) in [6.07, 6.45) is 5.91. The summed E-state index contributed by atoms with van der Waals surface area (Å²) >= 11 is 0. The minimum Gasteiger partial charge on any atom is -0.497 e. The molecule has 0 saturated carbocycles. The van der Waals surface area contributed by atoms with Gasteiger partial charge in [0.05, 0.1) is 22.3 Å². The molecule has 0 aromatic heterocycles. The fourth-order valence-corrected chi connectivity index (χ4v) is 11.3. The van der Waals surface area contributed by atoms with Gasteiger partial charge in [-0.1, -0.05) is 90.3 Å². The van der Waals surface area contributed by atoms with Crippen LogP contribution in [0.4, 0.5) is 0 Å². The molecule has 162 valence electrons. The Morgan fingerprint density at radius 2 is 1.45 bits per heavy atom. The van der Waals surface area contributed by atoms with Crippen molar-refractivity contribution in [2.24, 2.45) is 0 Å². The van der Waals surface area contributed by atoms with E-state index in [1.165, 1.54) is 10.8 Å². The van der Waals surface area contributed by atoms with Gasteiger partial charge in [0.15, 0.2) is 0 Å². The van der Waals surface area contributed by atoms with Crippen LogP contribution in [0.25, 0.3) is 0 Å². The second-order valence-corrected chi connectivity index (χ2v) is 21.2. The molecular weight excluding hydrogens is 388 g/mol. The molecule has 1 aliphatic carbocycles. The minimum absolute atomic E-state index is 0.0102. The summed E-state index contributed by atoms with van der Waals surface area (Å²) in [6.45, 7) is 24.0. The summed E-state index contributed by atoms with van der Waals surface area (Å²) in [4.78, 5) is 0. The van der Waals surface area contributed by atoms with E-state index < -0.39 is 16.1 Å². The third kappa shape index (κ3) is 4.29. The van der Waals surface area contributed by atoms with Crippen LogP contribution < -0.4 is 14.7 Å². The van der Waals surface area contributed by atoms with E-state index in [-0.39, 0.29) is 5.41 Å². The van der Waals surface area contributed by atoms with Crippen molar-refractivity contribution < 1.29 is 9.47 Å². The van der Waals surface area contributed by atoms with Crippen LogP contribution >= 0.6 is 0 Å². The Bertz CT molecular complexity index is 832. The molecule has 0 atom stereocenters. The first-order chi connectivity index (χ1) is 13.1. The van der Waals surface area contributed by atoms with Crippen LogP contribution in [0.1, 0.15) is 53.5 Å². The van der Waals surface area contributed by atoms with Crippen LogP contribution in [0.2, 0.25) is 31.2 Å². The van der Waals surface area contributed by atoms with E-state index >= 15 is 0 Å². The van der Waals surface area contributed by atoms with Crippen molar-refractivity contribution in [1.29, 1.82) is 0 Å². The van der Waals surface area contributed by atoms with Crippen LogP contribution in [0, 0.1) is 0 Å². The van der Waals surface area contributed by atoms with Gasteiger partial charge in [-0.3, -0.25) is 0 Å². The van der Waals surface area contributed by atoms with Gasteiger partial charge in [-0.05, 0) is 34.2 Å².